The Morgan fingerprint density at radius 2 is 2.13 bits per heavy atom. The molecule has 0 aliphatic rings. The molecule has 1 aromatic heterocycles. The molecule has 0 bridgehead atoms. The van der Waals surface area contributed by atoms with Crippen LogP contribution in [-0.2, 0) is 0 Å². The van der Waals surface area contributed by atoms with Gasteiger partial charge in [-0.25, -0.2) is 0 Å². The van der Waals surface area contributed by atoms with Crippen LogP contribution in [0.4, 0.5) is 0 Å². The topological polar surface area (TPSA) is 20.2 Å². The summed E-state index contributed by atoms with van der Waals surface area (Å²) >= 11 is 7.25. The molecule has 0 radical (unpaired) electrons. The maximum atomic E-state index is 10.2. The van der Waals surface area contributed by atoms with Crippen LogP contribution in [0.1, 0.15) is 17.2 Å². The van der Waals surface area contributed by atoms with Crippen LogP contribution in [-0.4, -0.2) is 5.11 Å². The molecular weight excluding hydrogens is 387 g/mol. The van der Waals surface area contributed by atoms with Gasteiger partial charge in [0.2, 0.25) is 0 Å². The maximum Gasteiger partial charge on any atom is 0.106 e. The van der Waals surface area contributed by atoms with Crippen molar-refractivity contribution < 1.29 is 5.11 Å². The monoisotopic (exact) mass is 394 g/mol. The van der Waals surface area contributed by atoms with Gasteiger partial charge < -0.3 is 5.11 Å². The zero-order valence-electron chi connectivity index (χ0n) is 7.65. The molecule has 4 heteroatoms. The molecule has 0 aliphatic carbocycles. The van der Waals surface area contributed by atoms with E-state index in [9.17, 15) is 5.11 Å². The zero-order valence-corrected chi connectivity index (χ0v) is 12.2. The fraction of sp³-hybridized carbons (Fsp3) is 0.0909. The quantitative estimate of drug-likeness (QED) is 0.757. The summed E-state index contributed by atoms with van der Waals surface area (Å²) in [6.07, 6.45) is -0.527. The average molecular weight is 395 g/mol. The number of aliphatic hydroxyl groups excluding tert-OH is 1. The molecule has 0 amide bonds. The molecule has 2 rings (SSSR count). The van der Waals surface area contributed by atoms with E-state index >= 15 is 0 Å². The Balaban J connectivity index is 2.41. The van der Waals surface area contributed by atoms with Crippen molar-refractivity contribution in [2.45, 2.75) is 6.10 Å². The summed E-state index contributed by atoms with van der Waals surface area (Å²) < 4.78 is 2.07. The van der Waals surface area contributed by atoms with Crippen molar-refractivity contribution in [3.63, 3.8) is 0 Å². The fourth-order valence-corrected chi connectivity index (χ4v) is 3.02. The van der Waals surface area contributed by atoms with Crippen molar-refractivity contribution in [2.75, 3.05) is 0 Å². The van der Waals surface area contributed by atoms with Gasteiger partial charge in [-0.3, -0.25) is 0 Å². The Labute approximate surface area is 114 Å². The molecule has 2 aromatic rings. The number of benzene rings is 1. The van der Waals surface area contributed by atoms with Crippen LogP contribution in [0.5, 0.6) is 0 Å². The smallest absolute Gasteiger partial charge is 0.106 e. The number of hydrogen-bond donors (Lipinski definition) is 1. The number of hydrogen-bond acceptors (Lipinski definition) is 2. The summed E-state index contributed by atoms with van der Waals surface area (Å²) in [7, 11) is 0. The molecule has 0 aliphatic heterocycles. The van der Waals surface area contributed by atoms with Crippen LogP contribution >= 0.6 is 49.9 Å². The maximum absolute atomic E-state index is 10.2. The van der Waals surface area contributed by atoms with E-state index in [0.717, 1.165) is 19.2 Å². The van der Waals surface area contributed by atoms with Gasteiger partial charge in [0.15, 0.2) is 0 Å². The predicted molar refractivity (Wildman–Crippen MR) is 75.2 cm³/mol. The predicted octanol–water partition coefficient (Wildman–Crippen LogP) is 4.20. The molecule has 1 nitrogen and oxygen atoms in total. The standard InChI is InChI=1S/C11H8BrIOS/c12-8-1-2-10(13)9(5-8)11(14)7-3-4-15-6-7/h1-6,11,14H. The molecule has 1 atom stereocenters. The van der Waals surface area contributed by atoms with Crippen molar-refractivity contribution in [1.82, 2.24) is 0 Å². The van der Waals surface area contributed by atoms with Crippen LogP contribution in [0.15, 0.2) is 39.5 Å². The highest BCUT2D eigenvalue weighted by molar-refractivity contribution is 14.1. The van der Waals surface area contributed by atoms with Crippen molar-refractivity contribution in [3.05, 3.63) is 54.2 Å². The summed E-state index contributed by atoms with van der Waals surface area (Å²) in [4.78, 5) is 0. The van der Waals surface area contributed by atoms with E-state index in [-0.39, 0.29) is 0 Å². The largest absolute Gasteiger partial charge is 0.384 e. The molecule has 1 heterocycles. The Morgan fingerprint density at radius 1 is 1.33 bits per heavy atom. The Kier molecular flexibility index (Phi) is 3.82. The highest BCUT2D eigenvalue weighted by Crippen LogP contribution is 2.29. The number of thiophene rings is 1. The highest BCUT2D eigenvalue weighted by Gasteiger charge is 2.14. The van der Waals surface area contributed by atoms with Crippen molar-refractivity contribution in [2.24, 2.45) is 0 Å². The Bertz CT molecular complexity index is 456. The van der Waals surface area contributed by atoms with E-state index in [4.69, 9.17) is 0 Å². The number of halogens is 2. The second kappa shape index (κ2) is 4.95. The summed E-state index contributed by atoms with van der Waals surface area (Å²) in [5, 5.41) is 14.1. The van der Waals surface area contributed by atoms with Crippen LogP contribution in [0.2, 0.25) is 0 Å². The number of aliphatic hydroxyl groups is 1. The molecule has 78 valence electrons. The number of rotatable bonds is 2. The highest BCUT2D eigenvalue weighted by atomic mass is 127. The summed E-state index contributed by atoms with van der Waals surface area (Å²) in [6, 6.07) is 7.89. The van der Waals surface area contributed by atoms with Crippen LogP contribution in [0, 0.1) is 3.57 Å². The Hall–Kier alpha value is 0.0900. The molecule has 1 unspecified atom stereocenters. The third kappa shape index (κ3) is 2.61. The van der Waals surface area contributed by atoms with Crippen molar-refractivity contribution in [1.29, 1.82) is 0 Å². The van der Waals surface area contributed by atoms with Gasteiger partial charge in [0.25, 0.3) is 0 Å². The first-order valence-electron chi connectivity index (χ1n) is 4.33. The van der Waals surface area contributed by atoms with Gasteiger partial charge in [0.1, 0.15) is 6.10 Å². The average Bonchev–Trinajstić information content (AvgIpc) is 2.74. The first-order valence-corrected chi connectivity index (χ1v) is 7.15. The zero-order chi connectivity index (χ0) is 10.8. The van der Waals surface area contributed by atoms with Crippen molar-refractivity contribution >= 4 is 49.9 Å². The molecule has 0 saturated carbocycles. The lowest BCUT2D eigenvalue weighted by Crippen LogP contribution is -2.00. The molecular formula is C11H8BrIOS. The normalized spacial score (nSPS) is 12.7. The molecule has 1 aromatic carbocycles. The minimum absolute atomic E-state index is 0.527. The van der Waals surface area contributed by atoms with Gasteiger partial charge in [-0.1, -0.05) is 15.9 Å². The van der Waals surface area contributed by atoms with Gasteiger partial charge in [-0.2, -0.15) is 11.3 Å². The molecule has 15 heavy (non-hydrogen) atoms. The second-order valence-corrected chi connectivity index (χ2v) is 5.98. The van der Waals surface area contributed by atoms with Crippen LogP contribution in [0.25, 0.3) is 0 Å². The molecule has 0 saturated heterocycles. The molecule has 0 spiro atoms. The first-order chi connectivity index (χ1) is 7.18. The van der Waals surface area contributed by atoms with E-state index in [2.05, 4.69) is 38.5 Å². The molecule has 0 fully saturated rings. The lowest BCUT2D eigenvalue weighted by molar-refractivity contribution is 0.220. The first kappa shape index (κ1) is 11.6. The second-order valence-electron chi connectivity index (χ2n) is 3.13. The minimum Gasteiger partial charge on any atom is -0.384 e. The van der Waals surface area contributed by atoms with Crippen molar-refractivity contribution in [3.8, 4) is 0 Å². The van der Waals surface area contributed by atoms with E-state index in [1.165, 1.54) is 0 Å². The van der Waals surface area contributed by atoms with E-state index in [0.29, 0.717) is 0 Å². The van der Waals surface area contributed by atoms with E-state index in [1.54, 1.807) is 11.3 Å². The fourth-order valence-electron chi connectivity index (χ4n) is 1.33. The molecule has 1 N–H and O–H groups in total. The van der Waals surface area contributed by atoms with Gasteiger partial charge in [-0.05, 0) is 68.7 Å². The summed E-state index contributed by atoms with van der Waals surface area (Å²) in [5.74, 6) is 0. The SMILES string of the molecule is OC(c1ccsc1)c1cc(Br)ccc1I. The van der Waals surface area contributed by atoms with Gasteiger partial charge in [0, 0.05) is 8.04 Å². The van der Waals surface area contributed by atoms with Gasteiger partial charge in [0.05, 0.1) is 0 Å². The summed E-state index contributed by atoms with van der Waals surface area (Å²) in [5.41, 5.74) is 1.90. The van der Waals surface area contributed by atoms with E-state index < -0.39 is 6.10 Å². The summed E-state index contributed by atoms with van der Waals surface area (Å²) in [6.45, 7) is 0. The Morgan fingerprint density at radius 3 is 2.80 bits per heavy atom. The lowest BCUT2D eigenvalue weighted by Gasteiger charge is -2.11. The minimum atomic E-state index is -0.527. The van der Waals surface area contributed by atoms with E-state index in [1.807, 2.05) is 35.0 Å². The van der Waals surface area contributed by atoms with Crippen LogP contribution < -0.4 is 0 Å². The lowest BCUT2D eigenvalue weighted by atomic mass is 10.1. The van der Waals surface area contributed by atoms with Gasteiger partial charge in [-0.15, -0.1) is 0 Å². The third-order valence-corrected chi connectivity index (χ3v) is 4.29. The van der Waals surface area contributed by atoms with Crippen LogP contribution in [0.3, 0.4) is 0 Å². The van der Waals surface area contributed by atoms with Gasteiger partial charge >= 0.3 is 0 Å². The third-order valence-electron chi connectivity index (χ3n) is 2.11.